The smallest absolute Gasteiger partial charge is 0.219 e. The van der Waals surface area contributed by atoms with Crippen molar-refractivity contribution in [1.29, 1.82) is 0 Å². The van der Waals surface area contributed by atoms with Crippen molar-refractivity contribution in [3.8, 4) is 45.1 Å². The minimum atomic E-state index is -0.00415. The van der Waals surface area contributed by atoms with Crippen molar-refractivity contribution in [3.05, 3.63) is 140 Å². The summed E-state index contributed by atoms with van der Waals surface area (Å²) >= 11 is 0. The first-order valence-corrected chi connectivity index (χ1v) is 11.7. The van der Waals surface area contributed by atoms with E-state index in [-0.39, 0.29) is 5.75 Å². The SMILES string of the molecule is [O-]c1cc2ccccc2cc1-[n+]1c(-c2ccccc2)cc(-c2ccccc2)cc1-c1ccccc1. The lowest BCUT2D eigenvalue weighted by atomic mass is 9.98. The third-order valence-electron chi connectivity index (χ3n) is 6.38. The van der Waals surface area contributed by atoms with Crippen LogP contribution in [0.5, 0.6) is 5.75 Å². The van der Waals surface area contributed by atoms with E-state index in [1.807, 2.05) is 66.7 Å². The van der Waals surface area contributed by atoms with Crippen molar-refractivity contribution in [2.24, 2.45) is 0 Å². The van der Waals surface area contributed by atoms with E-state index in [0.29, 0.717) is 5.69 Å². The molecule has 6 rings (SSSR count). The van der Waals surface area contributed by atoms with E-state index in [2.05, 4.69) is 71.3 Å². The summed E-state index contributed by atoms with van der Waals surface area (Å²) < 4.78 is 2.12. The molecule has 5 aromatic carbocycles. The summed E-state index contributed by atoms with van der Waals surface area (Å²) in [6.07, 6.45) is 0. The normalized spacial score (nSPS) is 11.0. The molecule has 166 valence electrons. The summed E-state index contributed by atoms with van der Waals surface area (Å²) in [7, 11) is 0. The Labute approximate surface area is 205 Å². The van der Waals surface area contributed by atoms with Crippen LogP contribution in [0.1, 0.15) is 0 Å². The summed E-state index contributed by atoms with van der Waals surface area (Å²) in [4.78, 5) is 0. The number of pyridine rings is 1. The molecule has 0 unspecified atom stereocenters. The fraction of sp³-hybridized carbons (Fsp3) is 0. The second-order valence-corrected chi connectivity index (χ2v) is 8.62. The quantitative estimate of drug-likeness (QED) is 0.262. The molecule has 35 heavy (non-hydrogen) atoms. The maximum atomic E-state index is 13.5. The minimum absolute atomic E-state index is 0.00415. The van der Waals surface area contributed by atoms with Crippen LogP contribution in [-0.4, -0.2) is 0 Å². The predicted molar refractivity (Wildman–Crippen MR) is 141 cm³/mol. The van der Waals surface area contributed by atoms with Crippen LogP contribution in [0.15, 0.2) is 140 Å². The van der Waals surface area contributed by atoms with Crippen LogP contribution < -0.4 is 9.67 Å². The van der Waals surface area contributed by atoms with Crippen LogP contribution in [0.2, 0.25) is 0 Å². The van der Waals surface area contributed by atoms with E-state index in [1.54, 1.807) is 6.07 Å². The van der Waals surface area contributed by atoms with Gasteiger partial charge in [0.15, 0.2) is 0 Å². The molecule has 0 amide bonds. The van der Waals surface area contributed by atoms with Crippen LogP contribution in [0, 0.1) is 0 Å². The van der Waals surface area contributed by atoms with Gasteiger partial charge in [-0.3, -0.25) is 0 Å². The third kappa shape index (κ3) is 3.96. The Morgan fingerprint density at radius 1 is 0.400 bits per heavy atom. The molecule has 0 N–H and O–H groups in total. The molecule has 6 aromatic rings. The summed E-state index contributed by atoms with van der Waals surface area (Å²) in [6.45, 7) is 0. The van der Waals surface area contributed by atoms with Crippen molar-refractivity contribution < 1.29 is 9.67 Å². The summed E-state index contributed by atoms with van der Waals surface area (Å²) in [5.41, 5.74) is 6.92. The molecule has 0 aliphatic carbocycles. The van der Waals surface area contributed by atoms with Gasteiger partial charge in [0.2, 0.25) is 17.1 Å². The topological polar surface area (TPSA) is 26.9 Å². The highest BCUT2D eigenvalue weighted by molar-refractivity contribution is 5.86. The lowest BCUT2D eigenvalue weighted by molar-refractivity contribution is -0.576. The maximum absolute atomic E-state index is 13.5. The van der Waals surface area contributed by atoms with E-state index in [4.69, 9.17) is 0 Å². The number of benzene rings is 5. The highest BCUT2D eigenvalue weighted by Gasteiger charge is 2.25. The maximum Gasteiger partial charge on any atom is 0.219 e. The predicted octanol–water partition coefficient (Wildman–Crippen LogP) is 7.19. The number of nitrogens with zero attached hydrogens (tertiary/aromatic N) is 1. The van der Waals surface area contributed by atoms with E-state index < -0.39 is 0 Å². The van der Waals surface area contributed by atoms with Crippen LogP contribution in [-0.2, 0) is 0 Å². The first kappa shape index (κ1) is 20.9. The van der Waals surface area contributed by atoms with Gasteiger partial charge >= 0.3 is 0 Å². The number of hydrogen-bond donors (Lipinski definition) is 0. The molecule has 1 aromatic heterocycles. The van der Waals surface area contributed by atoms with Gasteiger partial charge in [-0.1, -0.05) is 97.1 Å². The molecular formula is C33H23NO. The Hall–Kier alpha value is -4.69. The van der Waals surface area contributed by atoms with E-state index in [9.17, 15) is 5.11 Å². The first-order chi connectivity index (χ1) is 17.3. The molecule has 0 spiro atoms. The Balaban J connectivity index is 1.74. The highest BCUT2D eigenvalue weighted by Crippen LogP contribution is 2.33. The molecule has 2 nitrogen and oxygen atoms in total. The fourth-order valence-corrected chi connectivity index (χ4v) is 4.68. The summed E-state index contributed by atoms with van der Waals surface area (Å²) in [6, 6.07) is 47.1. The van der Waals surface area contributed by atoms with Gasteiger partial charge in [0.1, 0.15) is 0 Å². The molecule has 0 fully saturated rings. The van der Waals surface area contributed by atoms with Crippen molar-refractivity contribution in [1.82, 2.24) is 0 Å². The summed E-state index contributed by atoms with van der Waals surface area (Å²) in [5.74, 6) is -0.00415. The van der Waals surface area contributed by atoms with Crippen molar-refractivity contribution in [2.45, 2.75) is 0 Å². The van der Waals surface area contributed by atoms with Gasteiger partial charge in [-0.05, 0) is 51.9 Å². The monoisotopic (exact) mass is 449 g/mol. The Bertz CT molecular complexity index is 1560. The van der Waals surface area contributed by atoms with Gasteiger partial charge in [0.05, 0.1) is 0 Å². The van der Waals surface area contributed by atoms with Crippen LogP contribution >= 0.6 is 0 Å². The van der Waals surface area contributed by atoms with Gasteiger partial charge in [-0.15, -0.1) is 0 Å². The standard InChI is InChI=1S/C33H23NO/c35-33-23-28-19-11-10-18-27(28)20-32(33)34-30(25-14-6-2-7-15-25)21-29(24-12-4-1-5-13-24)22-31(34)26-16-8-3-9-17-26/h1-23H. The van der Waals surface area contributed by atoms with Gasteiger partial charge in [0, 0.05) is 29.3 Å². The molecule has 0 saturated heterocycles. The summed E-state index contributed by atoms with van der Waals surface area (Å²) in [5, 5.41) is 15.5. The van der Waals surface area contributed by atoms with Crippen LogP contribution in [0.4, 0.5) is 0 Å². The second-order valence-electron chi connectivity index (χ2n) is 8.62. The van der Waals surface area contributed by atoms with E-state index >= 15 is 0 Å². The number of fused-ring (bicyclic) bond motifs is 1. The zero-order chi connectivity index (χ0) is 23.6. The molecule has 0 atom stereocenters. The minimum Gasteiger partial charge on any atom is -0.868 e. The first-order valence-electron chi connectivity index (χ1n) is 11.7. The zero-order valence-electron chi connectivity index (χ0n) is 19.1. The largest absolute Gasteiger partial charge is 0.868 e. The van der Waals surface area contributed by atoms with Crippen molar-refractivity contribution >= 4 is 10.8 Å². The molecule has 0 aliphatic rings. The number of rotatable bonds is 4. The van der Waals surface area contributed by atoms with E-state index in [1.165, 1.54) is 0 Å². The van der Waals surface area contributed by atoms with Crippen LogP contribution in [0.25, 0.3) is 50.1 Å². The number of hydrogen-bond acceptors (Lipinski definition) is 1. The third-order valence-corrected chi connectivity index (χ3v) is 6.38. The highest BCUT2D eigenvalue weighted by atomic mass is 16.3. The molecule has 0 aliphatic heterocycles. The average Bonchev–Trinajstić information content (AvgIpc) is 2.93. The fourth-order valence-electron chi connectivity index (χ4n) is 4.68. The molecule has 0 radical (unpaired) electrons. The van der Waals surface area contributed by atoms with Crippen molar-refractivity contribution in [3.63, 3.8) is 0 Å². The Morgan fingerprint density at radius 3 is 1.34 bits per heavy atom. The Morgan fingerprint density at radius 2 is 0.829 bits per heavy atom. The lowest BCUT2D eigenvalue weighted by Gasteiger charge is -2.17. The molecular weight excluding hydrogens is 426 g/mol. The van der Waals surface area contributed by atoms with Gasteiger partial charge in [-0.25, -0.2) is 0 Å². The van der Waals surface area contributed by atoms with Gasteiger partial charge < -0.3 is 5.11 Å². The van der Waals surface area contributed by atoms with Gasteiger partial charge in [0.25, 0.3) is 0 Å². The second kappa shape index (κ2) is 8.92. The zero-order valence-corrected chi connectivity index (χ0v) is 19.1. The van der Waals surface area contributed by atoms with E-state index in [0.717, 1.165) is 44.4 Å². The molecule has 0 saturated carbocycles. The average molecular weight is 450 g/mol. The van der Waals surface area contributed by atoms with Gasteiger partial charge in [-0.2, -0.15) is 4.57 Å². The van der Waals surface area contributed by atoms with Crippen molar-refractivity contribution in [2.75, 3.05) is 0 Å². The molecule has 1 heterocycles. The lowest BCUT2D eigenvalue weighted by Crippen LogP contribution is -2.37. The molecule has 2 heteroatoms. The number of aromatic nitrogens is 1. The molecule has 0 bridgehead atoms. The van der Waals surface area contributed by atoms with Crippen LogP contribution in [0.3, 0.4) is 0 Å². The Kier molecular flexibility index (Phi) is 5.32.